The molecule has 1 saturated heterocycles. The van der Waals surface area contributed by atoms with E-state index in [1.807, 2.05) is 6.07 Å². The van der Waals surface area contributed by atoms with Gasteiger partial charge in [-0.05, 0) is 55.2 Å². The van der Waals surface area contributed by atoms with Crippen molar-refractivity contribution in [1.82, 2.24) is 20.4 Å². The van der Waals surface area contributed by atoms with Crippen molar-refractivity contribution in [3.05, 3.63) is 35.9 Å². The molecule has 37 heavy (non-hydrogen) atoms. The number of H-pyrrole nitrogens is 1. The van der Waals surface area contributed by atoms with Gasteiger partial charge in [-0.15, -0.1) is 0 Å². The summed E-state index contributed by atoms with van der Waals surface area (Å²) in [5.41, 5.74) is 9.10. The van der Waals surface area contributed by atoms with E-state index in [1.165, 1.54) is 19.3 Å². The lowest BCUT2D eigenvalue weighted by Crippen LogP contribution is -2.52. The average molecular weight is 517 g/mol. The van der Waals surface area contributed by atoms with Gasteiger partial charge in [0.2, 0.25) is 0 Å². The zero-order valence-electron chi connectivity index (χ0n) is 20.9. The van der Waals surface area contributed by atoms with Gasteiger partial charge in [-0.1, -0.05) is 12.5 Å². The van der Waals surface area contributed by atoms with E-state index in [1.54, 1.807) is 31.3 Å². The van der Waals surface area contributed by atoms with Crippen molar-refractivity contribution in [2.24, 2.45) is 0 Å². The van der Waals surface area contributed by atoms with Gasteiger partial charge < -0.3 is 20.7 Å². The molecular weight excluding hydrogens is 485 g/mol. The summed E-state index contributed by atoms with van der Waals surface area (Å²) < 4.78 is 45.1. The number of nitrogens with zero attached hydrogens (tertiary/aromatic N) is 3. The highest BCUT2D eigenvalue weighted by atomic mass is 19.4. The van der Waals surface area contributed by atoms with E-state index in [0.29, 0.717) is 28.1 Å². The first-order chi connectivity index (χ1) is 17.7. The monoisotopic (exact) mass is 516 g/mol. The molecule has 2 aliphatic rings. The number of rotatable bonds is 6. The van der Waals surface area contributed by atoms with E-state index in [4.69, 9.17) is 10.5 Å². The van der Waals surface area contributed by atoms with E-state index in [9.17, 15) is 18.0 Å². The maximum absolute atomic E-state index is 13.3. The quantitative estimate of drug-likeness (QED) is 0.455. The van der Waals surface area contributed by atoms with E-state index in [0.717, 1.165) is 44.4 Å². The highest BCUT2D eigenvalue weighted by molar-refractivity contribution is 6.01. The van der Waals surface area contributed by atoms with Crippen molar-refractivity contribution in [1.29, 1.82) is 0 Å². The first-order valence-electron chi connectivity index (χ1n) is 12.5. The van der Waals surface area contributed by atoms with Crippen LogP contribution in [0.15, 0.2) is 30.3 Å². The maximum atomic E-state index is 13.3. The molecule has 2 heterocycles. The van der Waals surface area contributed by atoms with Crippen molar-refractivity contribution in [3.8, 4) is 16.9 Å². The van der Waals surface area contributed by atoms with Crippen molar-refractivity contribution >= 4 is 28.3 Å². The number of aromatic nitrogens is 2. The van der Waals surface area contributed by atoms with Gasteiger partial charge in [-0.25, -0.2) is 0 Å². The SMILES string of the molecule is CNC(=O)c1ccc(-c2cc(O[C@@H](C)C(F)(F)F)c3c(N)n[nH]c3c2)cc1N1CCN(C2CCC2)CC1. The number of amides is 1. The Morgan fingerprint density at radius 3 is 2.51 bits per heavy atom. The summed E-state index contributed by atoms with van der Waals surface area (Å²) >= 11 is 0. The number of anilines is 2. The van der Waals surface area contributed by atoms with Crippen molar-refractivity contribution in [3.63, 3.8) is 0 Å². The summed E-state index contributed by atoms with van der Waals surface area (Å²) in [4.78, 5) is 17.4. The second-order valence-corrected chi connectivity index (χ2v) is 9.73. The topological polar surface area (TPSA) is 99.5 Å². The fourth-order valence-electron chi connectivity index (χ4n) is 5.04. The molecule has 1 amide bonds. The number of halogens is 3. The van der Waals surface area contributed by atoms with Crippen LogP contribution < -0.4 is 20.7 Å². The average Bonchev–Trinajstić information content (AvgIpc) is 3.23. The summed E-state index contributed by atoms with van der Waals surface area (Å²) in [6, 6.07) is 9.45. The zero-order valence-corrected chi connectivity index (χ0v) is 20.9. The van der Waals surface area contributed by atoms with E-state index >= 15 is 0 Å². The number of benzene rings is 2. The molecule has 0 bridgehead atoms. The number of nitrogen functional groups attached to an aromatic ring is 1. The summed E-state index contributed by atoms with van der Waals surface area (Å²) in [5, 5.41) is 9.74. The maximum Gasteiger partial charge on any atom is 0.425 e. The minimum atomic E-state index is -4.54. The molecule has 3 aromatic rings. The normalized spacial score (nSPS) is 18.0. The number of fused-ring (bicyclic) bond motifs is 1. The molecule has 1 aromatic heterocycles. The third kappa shape index (κ3) is 4.92. The van der Waals surface area contributed by atoms with Crippen LogP contribution in [-0.4, -0.2) is 72.6 Å². The van der Waals surface area contributed by atoms with Gasteiger partial charge in [0.05, 0.1) is 22.2 Å². The number of nitrogens with two attached hydrogens (primary N) is 1. The summed E-state index contributed by atoms with van der Waals surface area (Å²) in [6.07, 6.45) is -2.79. The van der Waals surface area contributed by atoms with E-state index in [-0.39, 0.29) is 17.5 Å². The van der Waals surface area contributed by atoms with E-state index < -0.39 is 12.3 Å². The molecule has 1 saturated carbocycles. The molecule has 8 nitrogen and oxygen atoms in total. The lowest BCUT2D eigenvalue weighted by Gasteiger charge is -2.44. The summed E-state index contributed by atoms with van der Waals surface area (Å²) in [6.45, 7) is 4.38. The highest BCUT2D eigenvalue weighted by Crippen LogP contribution is 2.38. The standard InChI is InChI=1S/C26H31F3N6O2/c1-15(26(27,28)29)37-22-14-17(12-20-23(22)24(30)33-32-20)16-6-7-19(25(36)31-2)21(13-16)35-10-8-34(9-11-35)18-4-3-5-18/h6-7,12-15,18H,3-5,8-11H2,1-2H3,(H,31,36)(H3,30,32,33)/t15-/m0/s1. The van der Waals surface area contributed by atoms with Crippen LogP contribution in [0, 0.1) is 0 Å². The molecule has 4 N–H and O–H groups in total. The number of hydrogen-bond acceptors (Lipinski definition) is 6. The van der Waals surface area contributed by atoms with Gasteiger partial charge in [0.15, 0.2) is 11.9 Å². The Bertz CT molecular complexity index is 1300. The largest absolute Gasteiger partial charge is 0.480 e. The molecule has 2 aromatic carbocycles. The predicted molar refractivity (Wildman–Crippen MR) is 137 cm³/mol. The van der Waals surface area contributed by atoms with Gasteiger partial charge >= 0.3 is 6.18 Å². The Morgan fingerprint density at radius 1 is 1.16 bits per heavy atom. The molecule has 2 fully saturated rings. The minimum absolute atomic E-state index is 0.00499. The van der Waals surface area contributed by atoms with Crippen LogP contribution in [0.25, 0.3) is 22.0 Å². The summed E-state index contributed by atoms with van der Waals surface area (Å²) in [5.74, 6) is -0.136. The molecule has 1 atom stereocenters. The number of hydrogen-bond donors (Lipinski definition) is 3. The van der Waals surface area contributed by atoms with Crippen LogP contribution in [-0.2, 0) is 0 Å². The molecule has 1 aliphatic heterocycles. The Labute approximate surface area is 212 Å². The van der Waals surface area contributed by atoms with Crippen LogP contribution in [0.4, 0.5) is 24.7 Å². The van der Waals surface area contributed by atoms with Gasteiger partial charge in [0, 0.05) is 39.3 Å². The van der Waals surface area contributed by atoms with Crippen LogP contribution in [0.2, 0.25) is 0 Å². The minimum Gasteiger partial charge on any atom is -0.480 e. The van der Waals surface area contributed by atoms with Crippen LogP contribution >= 0.6 is 0 Å². The first-order valence-corrected chi connectivity index (χ1v) is 12.5. The first kappa shape index (κ1) is 25.2. The van der Waals surface area contributed by atoms with Crippen molar-refractivity contribution < 1.29 is 22.7 Å². The number of piperazine rings is 1. The molecule has 0 spiro atoms. The lowest BCUT2D eigenvalue weighted by atomic mass is 9.91. The van der Waals surface area contributed by atoms with Crippen LogP contribution in [0.3, 0.4) is 0 Å². The molecule has 1 aliphatic carbocycles. The molecular formula is C26H31F3N6O2. The van der Waals surface area contributed by atoms with Gasteiger partial charge in [-0.2, -0.15) is 18.3 Å². The number of aromatic amines is 1. The zero-order chi connectivity index (χ0) is 26.3. The highest BCUT2D eigenvalue weighted by Gasteiger charge is 2.38. The third-order valence-corrected chi connectivity index (χ3v) is 7.47. The van der Waals surface area contributed by atoms with Crippen LogP contribution in [0.5, 0.6) is 5.75 Å². The van der Waals surface area contributed by atoms with Gasteiger partial charge in [-0.3, -0.25) is 14.8 Å². The number of nitrogens with one attached hydrogen (secondary N) is 2. The molecule has 198 valence electrons. The van der Waals surface area contributed by atoms with Crippen LogP contribution in [0.1, 0.15) is 36.5 Å². The third-order valence-electron chi connectivity index (χ3n) is 7.47. The molecule has 0 unspecified atom stereocenters. The predicted octanol–water partition coefficient (Wildman–Crippen LogP) is 4.18. The number of alkyl halides is 3. The summed E-state index contributed by atoms with van der Waals surface area (Å²) in [7, 11) is 1.59. The van der Waals surface area contributed by atoms with Crippen molar-refractivity contribution in [2.45, 2.75) is 44.5 Å². The second-order valence-electron chi connectivity index (χ2n) is 9.73. The number of ether oxygens (including phenoxy) is 1. The number of carbonyl (C=O) groups excluding carboxylic acids is 1. The van der Waals surface area contributed by atoms with Gasteiger partial charge in [0.1, 0.15) is 5.75 Å². The fourth-order valence-corrected chi connectivity index (χ4v) is 5.04. The molecule has 11 heteroatoms. The smallest absolute Gasteiger partial charge is 0.425 e. The van der Waals surface area contributed by atoms with Gasteiger partial charge in [0.25, 0.3) is 5.91 Å². The lowest BCUT2D eigenvalue weighted by molar-refractivity contribution is -0.188. The Morgan fingerprint density at radius 2 is 1.89 bits per heavy atom. The molecule has 0 radical (unpaired) electrons. The Kier molecular flexibility index (Phi) is 6.65. The fraction of sp³-hybridized carbons (Fsp3) is 0.462. The molecule has 5 rings (SSSR count). The Hall–Kier alpha value is -3.47. The van der Waals surface area contributed by atoms with Crippen molar-refractivity contribution in [2.75, 3.05) is 43.9 Å². The second kappa shape index (κ2) is 9.77. The van der Waals surface area contributed by atoms with E-state index in [2.05, 4.69) is 25.3 Å². The Balaban J connectivity index is 1.51. The number of carbonyl (C=O) groups is 1.